The standard InChI is InChI=1S/C21H16N2/c1-15-14-22-20-12-18(16-8-4-2-5-9-16)19(13-21(20)23-15)17-10-6-3-7-11-17/h2-14H,1H3. The largest absolute Gasteiger partial charge is 0.253 e. The van der Waals surface area contributed by atoms with Crippen molar-refractivity contribution >= 4 is 11.0 Å². The van der Waals surface area contributed by atoms with E-state index in [1.807, 2.05) is 25.3 Å². The van der Waals surface area contributed by atoms with Gasteiger partial charge in [0.1, 0.15) is 0 Å². The molecule has 0 unspecified atom stereocenters. The van der Waals surface area contributed by atoms with Crippen LogP contribution in [0.1, 0.15) is 5.69 Å². The molecular weight excluding hydrogens is 280 g/mol. The Kier molecular flexibility index (Phi) is 3.35. The molecule has 2 nitrogen and oxygen atoms in total. The van der Waals surface area contributed by atoms with Crippen molar-refractivity contribution in [2.45, 2.75) is 6.92 Å². The van der Waals surface area contributed by atoms with E-state index in [0.717, 1.165) is 16.7 Å². The first kappa shape index (κ1) is 13.6. The number of hydrogen-bond donors (Lipinski definition) is 0. The summed E-state index contributed by atoms with van der Waals surface area (Å²) in [4.78, 5) is 9.17. The summed E-state index contributed by atoms with van der Waals surface area (Å²) in [7, 11) is 0. The van der Waals surface area contributed by atoms with Gasteiger partial charge in [-0.15, -0.1) is 0 Å². The van der Waals surface area contributed by atoms with Gasteiger partial charge in [-0.2, -0.15) is 0 Å². The van der Waals surface area contributed by atoms with E-state index in [4.69, 9.17) is 0 Å². The predicted octanol–water partition coefficient (Wildman–Crippen LogP) is 5.27. The highest BCUT2D eigenvalue weighted by Gasteiger charge is 2.10. The van der Waals surface area contributed by atoms with Gasteiger partial charge in [0, 0.05) is 6.20 Å². The molecule has 4 rings (SSSR count). The van der Waals surface area contributed by atoms with Gasteiger partial charge in [-0.1, -0.05) is 60.7 Å². The van der Waals surface area contributed by atoms with Crippen LogP contribution in [0.25, 0.3) is 33.3 Å². The van der Waals surface area contributed by atoms with Crippen LogP contribution in [0.2, 0.25) is 0 Å². The Hall–Kier alpha value is -3.00. The molecule has 0 aliphatic rings. The summed E-state index contributed by atoms with van der Waals surface area (Å²) in [6.07, 6.45) is 1.82. The molecule has 1 aromatic heterocycles. The Morgan fingerprint density at radius 1 is 0.652 bits per heavy atom. The summed E-state index contributed by atoms with van der Waals surface area (Å²) in [6, 6.07) is 25.2. The maximum atomic E-state index is 4.63. The van der Waals surface area contributed by atoms with Crippen molar-refractivity contribution in [3.05, 3.63) is 84.7 Å². The fourth-order valence-electron chi connectivity index (χ4n) is 2.86. The van der Waals surface area contributed by atoms with Crippen molar-refractivity contribution in [1.82, 2.24) is 9.97 Å². The van der Waals surface area contributed by atoms with Gasteiger partial charge in [-0.3, -0.25) is 4.98 Å². The highest BCUT2D eigenvalue weighted by molar-refractivity contribution is 5.93. The van der Waals surface area contributed by atoms with Gasteiger partial charge >= 0.3 is 0 Å². The Morgan fingerprint density at radius 2 is 1.17 bits per heavy atom. The maximum absolute atomic E-state index is 4.63. The van der Waals surface area contributed by atoms with Crippen LogP contribution in [0.15, 0.2) is 79.0 Å². The summed E-state index contributed by atoms with van der Waals surface area (Å²) in [5.74, 6) is 0. The van der Waals surface area contributed by atoms with E-state index in [-0.39, 0.29) is 0 Å². The topological polar surface area (TPSA) is 25.8 Å². The van der Waals surface area contributed by atoms with Crippen LogP contribution in [0, 0.1) is 6.92 Å². The molecule has 0 atom stereocenters. The molecule has 0 saturated heterocycles. The third kappa shape index (κ3) is 2.59. The molecule has 0 bridgehead atoms. The van der Waals surface area contributed by atoms with Gasteiger partial charge in [0.2, 0.25) is 0 Å². The second-order valence-corrected chi connectivity index (χ2v) is 5.63. The highest BCUT2D eigenvalue weighted by atomic mass is 14.8. The second kappa shape index (κ2) is 5.65. The summed E-state index contributed by atoms with van der Waals surface area (Å²) < 4.78 is 0. The van der Waals surface area contributed by atoms with Crippen molar-refractivity contribution in [3.8, 4) is 22.3 Å². The van der Waals surface area contributed by atoms with Crippen molar-refractivity contribution < 1.29 is 0 Å². The van der Waals surface area contributed by atoms with Crippen molar-refractivity contribution in [3.63, 3.8) is 0 Å². The van der Waals surface area contributed by atoms with Gasteiger partial charge in [-0.25, -0.2) is 4.98 Å². The zero-order valence-corrected chi connectivity index (χ0v) is 12.9. The molecule has 2 heteroatoms. The lowest BCUT2D eigenvalue weighted by Crippen LogP contribution is -1.91. The number of rotatable bonds is 2. The lowest BCUT2D eigenvalue weighted by atomic mass is 9.94. The molecule has 1 heterocycles. The van der Waals surface area contributed by atoms with E-state index in [1.165, 1.54) is 22.3 Å². The molecule has 0 amide bonds. The second-order valence-electron chi connectivity index (χ2n) is 5.63. The van der Waals surface area contributed by atoms with Crippen LogP contribution in [-0.2, 0) is 0 Å². The van der Waals surface area contributed by atoms with E-state index >= 15 is 0 Å². The molecular formula is C21H16N2. The number of benzene rings is 3. The van der Waals surface area contributed by atoms with Crippen molar-refractivity contribution in [1.29, 1.82) is 0 Å². The fourth-order valence-corrected chi connectivity index (χ4v) is 2.86. The first-order chi connectivity index (χ1) is 11.3. The van der Waals surface area contributed by atoms with Crippen molar-refractivity contribution in [2.75, 3.05) is 0 Å². The average Bonchev–Trinajstić information content (AvgIpc) is 2.62. The number of hydrogen-bond acceptors (Lipinski definition) is 2. The number of fused-ring (bicyclic) bond motifs is 1. The molecule has 23 heavy (non-hydrogen) atoms. The number of aryl methyl sites for hydroxylation is 1. The third-order valence-corrected chi connectivity index (χ3v) is 3.97. The lowest BCUT2D eigenvalue weighted by molar-refractivity contribution is 1.19. The predicted molar refractivity (Wildman–Crippen MR) is 95.1 cm³/mol. The third-order valence-electron chi connectivity index (χ3n) is 3.97. The minimum absolute atomic E-state index is 0.925. The average molecular weight is 296 g/mol. The summed E-state index contributed by atoms with van der Waals surface area (Å²) >= 11 is 0. The number of aromatic nitrogens is 2. The van der Waals surface area contributed by atoms with Crippen LogP contribution in [0.5, 0.6) is 0 Å². The molecule has 0 aliphatic carbocycles. The lowest BCUT2D eigenvalue weighted by Gasteiger charge is -2.12. The van der Waals surface area contributed by atoms with Crippen LogP contribution in [0.3, 0.4) is 0 Å². The summed E-state index contributed by atoms with van der Waals surface area (Å²) in [5, 5.41) is 0. The monoisotopic (exact) mass is 296 g/mol. The van der Waals surface area contributed by atoms with Gasteiger partial charge < -0.3 is 0 Å². The molecule has 0 radical (unpaired) electrons. The molecule has 3 aromatic carbocycles. The minimum atomic E-state index is 0.925. The molecule has 0 saturated carbocycles. The van der Waals surface area contributed by atoms with Gasteiger partial charge in [0.05, 0.1) is 16.7 Å². The van der Waals surface area contributed by atoms with E-state index in [0.29, 0.717) is 0 Å². The minimum Gasteiger partial charge on any atom is -0.253 e. The highest BCUT2D eigenvalue weighted by Crippen LogP contribution is 2.34. The molecule has 0 N–H and O–H groups in total. The van der Waals surface area contributed by atoms with Gasteiger partial charge in [-0.05, 0) is 41.3 Å². The van der Waals surface area contributed by atoms with Crippen LogP contribution < -0.4 is 0 Å². The summed E-state index contributed by atoms with van der Waals surface area (Å²) in [6.45, 7) is 1.97. The normalized spacial score (nSPS) is 10.8. The smallest absolute Gasteiger partial charge is 0.0896 e. The van der Waals surface area contributed by atoms with E-state index in [1.54, 1.807) is 0 Å². The zero-order valence-electron chi connectivity index (χ0n) is 12.9. The van der Waals surface area contributed by atoms with Gasteiger partial charge in [0.25, 0.3) is 0 Å². The van der Waals surface area contributed by atoms with E-state index in [2.05, 4.69) is 70.6 Å². The molecule has 4 aromatic rings. The molecule has 110 valence electrons. The van der Waals surface area contributed by atoms with Crippen LogP contribution in [-0.4, -0.2) is 9.97 Å². The van der Waals surface area contributed by atoms with E-state index < -0.39 is 0 Å². The summed E-state index contributed by atoms with van der Waals surface area (Å²) in [5.41, 5.74) is 7.54. The molecule has 0 aliphatic heterocycles. The van der Waals surface area contributed by atoms with Crippen molar-refractivity contribution in [2.24, 2.45) is 0 Å². The van der Waals surface area contributed by atoms with Gasteiger partial charge in [0.15, 0.2) is 0 Å². The molecule has 0 spiro atoms. The first-order valence-electron chi connectivity index (χ1n) is 7.69. The molecule has 0 fully saturated rings. The first-order valence-corrected chi connectivity index (χ1v) is 7.69. The van der Waals surface area contributed by atoms with Crippen LogP contribution in [0.4, 0.5) is 0 Å². The Bertz CT molecular complexity index is 961. The fraction of sp³-hybridized carbons (Fsp3) is 0.0476. The number of nitrogens with zero attached hydrogens (tertiary/aromatic N) is 2. The zero-order chi connectivity index (χ0) is 15.6. The Labute approximate surface area is 135 Å². The SMILES string of the molecule is Cc1cnc2cc(-c3ccccc3)c(-c3ccccc3)cc2n1. The van der Waals surface area contributed by atoms with E-state index in [9.17, 15) is 0 Å². The quantitative estimate of drug-likeness (QED) is 0.503. The Morgan fingerprint density at radius 3 is 1.74 bits per heavy atom. The van der Waals surface area contributed by atoms with Crippen LogP contribution >= 0.6 is 0 Å². The Balaban J connectivity index is 2.04. The maximum Gasteiger partial charge on any atom is 0.0896 e.